The van der Waals surface area contributed by atoms with Crippen LogP contribution in [-0.2, 0) is 0 Å². The van der Waals surface area contributed by atoms with Gasteiger partial charge in [-0.25, -0.2) is 0 Å². The number of nitrogens with one attached hydrogen (secondary N) is 2. The SMILES string of the molecule is CN=C(NCC(C)Oc1cccc(OC)c1)NC(C)c1cc(OC)ccc1OC.I. The zero-order valence-corrected chi connectivity index (χ0v) is 20.7. The Labute approximate surface area is 196 Å². The number of methoxy groups -OCH3 is 3. The van der Waals surface area contributed by atoms with Gasteiger partial charge < -0.3 is 29.6 Å². The lowest BCUT2D eigenvalue weighted by Crippen LogP contribution is -2.42. The van der Waals surface area contributed by atoms with Crippen LogP contribution in [-0.4, -0.2) is 47.0 Å². The topological polar surface area (TPSA) is 73.3 Å². The fourth-order valence-corrected chi connectivity index (χ4v) is 2.84. The van der Waals surface area contributed by atoms with Crippen molar-refractivity contribution in [1.29, 1.82) is 0 Å². The van der Waals surface area contributed by atoms with E-state index >= 15 is 0 Å². The van der Waals surface area contributed by atoms with Crippen LogP contribution < -0.4 is 29.6 Å². The van der Waals surface area contributed by atoms with Crippen molar-refractivity contribution in [2.45, 2.75) is 26.0 Å². The van der Waals surface area contributed by atoms with Gasteiger partial charge >= 0.3 is 0 Å². The number of ether oxygens (including phenoxy) is 4. The van der Waals surface area contributed by atoms with E-state index in [0.29, 0.717) is 12.5 Å². The van der Waals surface area contributed by atoms with E-state index in [1.54, 1.807) is 28.4 Å². The molecule has 2 atom stereocenters. The average Bonchev–Trinajstić information content (AvgIpc) is 2.75. The molecule has 2 N–H and O–H groups in total. The second kappa shape index (κ2) is 13.0. The number of benzene rings is 2. The Morgan fingerprint density at radius 3 is 2.23 bits per heavy atom. The Morgan fingerprint density at radius 2 is 1.60 bits per heavy atom. The molecule has 7 nitrogen and oxygen atoms in total. The number of guanidine groups is 1. The van der Waals surface area contributed by atoms with Gasteiger partial charge in [0, 0.05) is 18.7 Å². The fraction of sp³-hybridized carbons (Fsp3) is 0.409. The van der Waals surface area contributed by atoms with Crippen molar-refractivity contribution in [3.8, 4) is 23.0 Å². The Bertz CT molecular complexity index is 817. The Hall–Kier alpha value is -2.36. The van der Waals surface area contributed by atoms with Gasteiger partial charge in [0.05, 0.1) is 33.9 Å². The standard InChI is InChI=1S/C22H31N3O4.HI/c1-15(29-19-9-7-8-17(12-19)26-4)14-24-22(23-3)25-16(2)20-13-18(27-5)10-11-21(20)28-6;/h7-13,15-16H,14H2,1-6H3,(H2,23,24,25);1H. The maximum atomic E-state index is 5.95. The Morgan fingerprint density at radius 1 is 0.933 bits per heavy atom. The maximum Gasteiger partial charge on any atom is 0.191 e. The molecular formula is C22H32IN3O4. The first-order chi connectivity index (χ1) is 14.0. The normalized spacial score (nSPS) is 12.8. The van der Waals surface area contributed by atoms with Crippen LogP contribution >= 0.6 is 24.0 Å². The molecule has 0 saturated carbocycles. The number of halogens is 1. The van der Waals surface area contributed by atoms with Crippen LogP contribution in [0.15, 0.2) is 47.5 Å². The van der Waals surface area contributed by atoms with Gasteiger partial charge in [0.1, 0.15) is 29.1 Å². The number of rotatable bonds is 9. The van der Waals surface area contributed by atoms with Gasteiger partial charge in [0.2, 0.25) is 0 Å². The van der Waals surface area contributed by atoms with Crippen molar-refractivity contribution < 1.29 is 18.9 Å². The van der Waals surface area contributed by atoms with Crippen molar-refractivity contribution in [1.82, 2.24) is 10.6 Å². The van der Waals surface area contributed by atoms with E-state index in [0.717, 1.165) is 28.6 Å². The van der Waals surface area contributed by atoms with E-state index in [9.17, 15) is 0 Å². The summed E-state index contributed by atoms with van der Waals surface area (Å²) in [6.07, 6.45) is -0.0673. The summed E-state index contributed by atoms with van der Waals surface area (Å²) >= 11 is 0. The zero-order chi connectivity index (χ0) is 21.2. The Kier molecular flexibility index (Phi) is 11.2. The Balaban J connectivity index is 0.00000450. The van der Waals surface area contributed by atoms with Crippen LogP contribution in [0.1, 0.15) is 25.5 Å². The second-order valence-electron chi connectivity index (χ2n) is 6.53. The van der Waals surface area contributed by atoms with Crippen LogP contribution in [0.25, 0.3) is 0 Å². The van der Waals surface area contributed by atoms with E-state index in [1.807, 2.05) is 56.3 Å². The molecule has 0 bridgehead atoms. The van der Waals surface area contributed by atoms with Crippen LogP contribution in [0, 0.1) is 0 Å². The van der Waals surface area contributed by atoms with Gasteiger partial charge in [-0.2, -0.15) is 0 Å². The van der Waals surface area contributed by atoms with E-state index in [-0.39, 0.29) is 36.1 Å². The lowest BCUT2D eigenvalue weighted by Gasteiger charge is -2.22. The van der Waals surface area contributed by atoms with Crippen molar-refractivity contribution in [3.05, 3.63) is 48.0 Å². The molecule has 0 spiro atoms. The van der Waals surface area contributed by atoms with Crippen LogP contribution in [0.5, 0.6) is 23.0 Å². The highest BCUT2D eigenvalue weighted by molar-refractivity contribution is 14.0. The first kappa shape index (κ1) is 25.7. The van der Waals surface area contributed by atoms with E-state index < -0.39 is 0 Å². The minimum absolute atomic E-state index is 0. The van der Waals surface area contributed by atoms with Gasteiger partial charge in [-0.1, -0.05) is 6.07 Å². The summed E-state index contributed by atoms with van der Waals surface area (Å²) in [7, 11) is 6.67. The third kappa shape index (κ3) is 7.47. The molecule has 2 aromatic carbocycles. The molecule has 0 amide bonds. The van der Waals surface area contributed by atoms with Crippen LogP contribution in [0.4, 0.5) is 0 Å². The van der Waals surface area contributed by atoms with Gasteiger partial charge in [0.25, 0.3) is 0 Å². The summed E-state index contributed by atoms with van der Waals surface area (Å²) in [5, 5.41) is 6.67. The minimum atomic E-state index is -0.0673. The molecule has 0 radical (unpaired) electrons. The maximum absolute atomic E-state index is 5.95. The molecule has 0 aliphatic carbocycles. The van der Waals surface area contributed by atoms with Gasteiger partial charge in [-0.3, -0.25) is 4.99 Å². The largest absolute Gasteiger partial charge is 0.497 e. The molecule has 8 heteroatoms. The molecule has 166 valence electrons. The summed E-state index contributed by atoms with van der Waals surface area (Å²) in [6.45, 7) is 4.62. The number of hydrogen-bond acceptors (Lipinski definition) is 5. The summed E-state index contributed by atoms with van der Waals surface area (Å²) in [4.78, 5) is 4.30. The fourth-order valence-electron chi connectivity index (χ4n) is 2.84. The third-order valence-electron chi connectivity index (χ3n) is 4.42. The van der Waals surface area contributed by atoms with Crippen molar-refractivity contribution in [3.63, 3.8) is 0 Å². The summed E-state index contributed by atoms with van der Waals surface area (Å²) in [5.74, 6) is 3.76. The highest BCUT2D eigenvalue weighted by Gasteiger charge is 2.15. The molecule has 0 aliphatic rings. The summed E-state index contributed by atoms with van der Waals surface area (Å²) < 4.78 is 22.0. The van der Waals surface area contributed by atoms with Crippen LogP contribution in [0.3, 0.4) is 0 Å². The predicted molar refractivity (Wildman–Crippen MR) is 131 cm³/mol. The number of aliphatic imine (C=N–C) groups is 1. The van der Waals surface area contributed by atoms with E-state index in [2.05, 4.69) is 15.6 Å². The quantitative estimate of drug-likeness (QED) is 0.291. The van der Waals surface area contributed by atoms with Crippen LogP contribution in [0.2, 0.25) is 0 Å². The first-order valence-electron chi connectivity index (χ1n) is 9.50. The van der Waals surface area contributed by atoms with Crippen molar-refractivity contribution >= 4 is 29.9 Å². The third-order valence-corrected chi connectivity index (χ3v) is 4.42. The highest BCUT2D eigenvalue weighted by atomic mass is 127. The molecule has 0 aromatic heterocycles. The lowest BCUT2D eigenvalue weighted by molar-refractivity contribution is 0.223. The van der Waals surface area contributed by atoms with Crippen molar-refractivity contribution in [2.24, 2.45) is 4.99 Å². The monoisotopic (exact) mass is 529 g/mol. The lowest BCUT2D eigenvalue weighted by atomic mass is 10.1. The predicted octanol–water partition coefficient (Wildman–Crippen LogP) is 4.02. The molecule has 0 saturated heterocycles. The summed E-state index contributed by atoms with van der Waals surface area (Å²) in [5.41, 5.74) is 0.982. The molecule has 30 heavy (non-hydrogen) atoms. The number of nitrogens with zero attached hydrogens (tertiary/aromatic N) is 1. The van der Waals surface area contributed by atoms with Crippen molar-refractivity contribution in [2.75, 3.05) is 34.9 Å². The molecule has 2 aromatic rings. The summed E-state index contributed by atoms with van der Waals surface area (Å²) in [6, 6.07) is 13.2. The van der Waals surface area contributed by atoms with Gasteiger partial charge in [-0.05, 0) is 44.2 Å². The molecule has 0 heterocycles. The zero-order valence-electron chi connectivity index (χ0n) is 18.4. The molecule has 2 rings (SSSR count). The second-order valence-corrected chi connectivity index (χ2v) is 6.53. The van der Waals surface area contributed by atoms with E-state index in [4.69, 9.17) is 18.9 Å². The van der Waals surface area contributed by atoms with Gasteiger partial charge in [0.15, 0.2) is 5.96 Å². The van der Waals surface area contributed by atoms with Gasteiger partial charge in [-0.15, -0.1) is 24.0 Å². The molecule has 0 fully saturated rings. The number of hydrogen-bond donors (Lipinski definition) is 2. The molecule has 2 unspecified atom stereocenters. The first-order valence-corrected chi connectivity index (χ1v) is 9.50. The average molecular weight is 529 g/mol. The molecular weight excluding hydrogens is 497 g/mol. The van der Waals surface area contributed by atoms with E-state index in [1.165, 1.54) is 0 Å². The minimum Gasteiger partial charge on any atom is -0.497 e. The highest BCUT2D eigenvalue weighted by Crippen LogP contribution is 2.29. The smallest absolute Gasteiger partial charge is 0.191 e. The molecule has 0 aliphatic heterocycles.